The highest BCUT2D eigenvalue weighted by Gasteiger charge is 2.56. The summed E-state index contributed by atoms with van der Waals surface area (Å²) in [5, 5.41) is 4.24. The van der Waals surface area contributed by atoms with Crippen LogP contribution in [0.3, 0.4) is 0 Å². The topological polar surface area (TPSA) is 58.4 Å². The van der Waals surface area contributed by atoms with Gasteiger partial charge in [-0.3, -0.25) is 13.9 Å². The quantitative estimate of drug-likeness (QED) is 0.648. The molecule has 0 aliphatic carbocycles. The van der Waals surface area contributed by atoms with Crippen LogP contribution in [0.5, 0.6) is 0 Å². The average molecular weight is 423 g/mol. The van der Waals surface area contributed by atoms with Crippen LogP contribution in [0.15, 0.2) is 67.0 Å². The molecule has 1 fully saturated rings. The first-order valence-corrected chi connectivity index (χ1v) is 11.8. The fourth-order valence-corrected chi connectivity index (χ4v) is 7.19. The summed E-state index contributed by atoms with van der Waals surface area (Å²) in [6, 6.07) is 17.7. The Balaban J connectivity index is 1.44. The minimum Gasteiger partial charge on any atom is -0.299 e. The molecule has 0 unspecified atom stereocenters. The number of sulfonamides is 1. The molecule has 0 saturated carbocycles. The van der Waals surface area contributed by atoms with E-state index in [2.05, 4.69) is 10.00 Å². The maximum atomic E-state index is 13.9. The number of aryl methyl sites for hydroxylation is 1. The first kappa shape index (κ1) is 19.3. The lowest BCUT2D eigenvalue weighted by molar-refractivity contribution is 0.189. The Hall–Kier alpha value is -2.64. The number of para-hydroxylation sites is 1. The van der Waals surface area contributed by atoms with Gasteiger partial charge in [-0.15, -0.1) is 0 Å². The molecule has 2 aliphatic heterocycles. The summed E-state index contributed by atoms with van der Waals surface area (Å²) in [7, 11) is -1.60. The van der Waals surface area contributed by atoms with Gasteiger partial charge in [-0.2, -0.15) is 5.10 Å². The van der Waals surface area contributed by atoms with Gasteiger partial charge in [-0.25, -0.2) is 8.42 Å². The van der Waals surface area contributed by atoms with Crippen molar-refractivity contribution in [3.8, 4) is 0 Å². The van der Waals surface area contributed by atoms with Gasteiger partial charge in [0.2, 0.25) is 10.0 Å². The number of hydrogen-bond acceptors (Lipinski definition) is 4. The molecule has 0 atom stereocenters. The van der Waals surface area contributed by atoms with Crippen molar-refractivity contribution in [1.29, 1.82) is 0 Å². The third-order valence-corrected chi connectivity index (χ3v) is 8.97. The molecule has 3 aromatic rings. The zero-order chi connectivity index (χ0) is 20.8. The van der Waals surface area contributed by atoms with Crippen LogP contribution in [0.1, 0.15) is 29.5 Å². The van der Waals surface area contributed by atoms with E-state index >= 15 is 0 Å². The lowest BCUT2D eigenvalue weighted by Crippen LogP contribution is -2.48. The molecule has 1 saturated heterocycles. The molecule has 5 rings (SSSR count). The predicted molar refractivity (Wildman–Crippen MR) is 117 cm³/mol. The van der Waals surface area contributed by atoms with Crippen LogP contribution in [-0.4, -0.2) is 36.2 Å². The first-order chi connectivity index (χ1) is 14.5. The third kappa shape index (κ3) is 3.04. The fraction of sp³-hybridized carbons (Fsp3) is 0.348. The fourth-order valence-electron chi connectivity index (χ4n) is 4.89. The van der Waals surface area contributed by atoms with Crippen molar-refractivity contribution in [2.45, 2.75) is 30.7 Å². The van der Waals surface area contributed by atoms with Gasteiger partial charge in [0, 0.05) is 38.4 Å². The van der Waals surface area contributed by atoms with E-state index in [9.17, 15) is 8.42 Å². The summed E-state index contributed by atoms with van der Waals surface area (Å²) in [4.78, 5) is 2.33. The third-order valence-electron chi connectivity index (χ3n) is 6.44. The van der Waals surface area contributed by atoms with Gasteiger partial charge in [-0.1, -0.05) is 48.5 Å². The van der Waals surface area contributed by atoms with Crippen LogP contribution < -0.4 is 4.31 Å². The normalized spacial score (nSPS) is 19.8. The van der Waals surface area contributed by atoms with Crippen molar-refractivity contribution >= 4 is 15.7 Å². The number of benzene rings is 2. The Morgan fingerprint density at radius 2 is 1.63 bits per heavy atom. The lowest BCUT2D eigenvalue weighted by atomic mass is 9.87. The van der Waals surface area contributed by atoms with Crippen molar-refractivity contribution in [2.24, 2.45) is 7.05 Å². The summed E-state index contributed by atoms with van der Waals surface area (Å²) < 4.78 is 30.4. The van der Waals surface area contributed by atoms with Crippen molar-refractivity contribution in [3.05, 3.63) is 83.7 Å². The smallest absolute Gasteiger partial charge is 0.245 e. The molecule has 2 aliphatic rings. The average Bonchev–Trinajstić information content (AvgIpc) is 3.24. The van der Waals surface area contributed by atoms with Gasteiger partial charge >= 0.3 is 0 Å². The molecule has 0 amide bonds. The van der Waals surface area contributed by atoms with E-state index in [1.165, 1.54) is 0 Å². The minimum atomic E-state index is -3.51. The maximum Gasteiger partial charge on any atom is 0.245 e. The van der Waals surface area contributed by atoms with Crippen molar-refractivity contribution in [1.82, 2.24) is 14.7 Å². The summed E-state index contributed by atoms with van der Waals surface area (Å²) in [6.07, 6.45) is 5.12. The van der Waals surface area contributed by atoms with Crippen LogP contribution in [0.4, 0.5) is 5.69 Å². The molecule has 3 heterocycles. The number of likely N-dealkylation sites (tertiary alicyclic amines) is 1. The number of fused-ring (bicyclic) bond motifs is 2. The van der Waals surface area contributed by atoms with Crippen LogP contribution in [-0.2, 0) is 34.9 Å². The lowest BCUT2D eigenvalue weighted by Gasteiger charge is -2.39. The molecule has 7 heteroatoms. The monoisotopic (exact) mass is 422 g/mol. The van der Waals surface area contributed by atoms with E-state index in [4.69, 9.17) is 0 Å². The second-order valence-electron chi connectivity index (χ2n) is 8.31. The van der Waals surface area contributed by atoms with E-state index in [-0.39, 0.29) is 0 Å². The van der Waals surface area contributed by atoms with Crippen molar-refractivity contribution < 1.29 is 8.42 Å². The number of aromatic nitrogens is 2. The largest absolute Gasteiger partial charge is 0.299 e. The van der Waals surface area contributed by atoms with Gasteiger partial charge in [0.25, 0.3) is 0 Å². The van der Waals surface area contributed by atoms with Crippen LogP contribution in [0.25, 0.3) is 0 Å². The molecular weight excluding hydrogens is 396 g/mol. The molecule has 0 radical (unpaired) electrons. The molecule has 0 N–H and O–H groups in total. The Kier molecular flexibility index (Phi) is 4.67. The van der Waals surface area contributed by atoms with Crippen LogP contribution in [0.2, 0.25) is 0 Å². The highest BCUT2D eigenvalue weighted by atomic mass is 32.2. The second-order valence-corrected chi connectivity index (χ2v) is 10.5. The van der Waals surface area contributed by atoms with E-state index < -0.39 is 14.8 Å². The molecule has 1 spiro atoms. The molecule has 0 bridgehead atoms. The van der Waals surface area contributed by atoms with Crippen LogP contribution >= 0.6 is 0 Å². The molecule has 156 valence electrons. The van der Waals surface area contributed by atoms with E-state index in [0.717, 1.165) is 42.0 Å². The van der Waals surface area contributed by atoms with Gasteiger partial charge in [0.1, 0.15) is 4.75 Å². The maximum absolute atomic E-state index is 13.9. The van der Waals surface area contributed by atoms with Gasteiger partial charge in [-0.05, 0) is 30.0 Å². The molecule has 2 aromatic carbocycles. The second kappa shape index (κ2) is 7.25. The Labute approximate surface area is 177 Å². The summed E-state index contributed by atoms with van der Waals surface area (Å²) in [5.41, 5.74) is 3.96. The van der Waals surface area contributed by atoms with Gasteiger partial charge in [0.05, 0.1) is 18.4 Å². The molecular formula is C23H26N4O2S. The number of piperidine rings is 1. The standard InChI is InChI=1S/C23H26N4O2S/c1-25-16-20(15-24-25)17-26-13-11-23(12-14-26)21-9-5-6-10-22(21)27(30(23,28)29)18-19-7-3-2-4-8-19/h2-10,15-16H,11-14,17-18H2,1H3. The van der Waals surface area contributed by atoms with Gasteiger partial charge < -0.3 is 0 Å². The molecule has 6 nitrogen and oxygen atoms in total. The van der Waals surface area contributed by atoms with Crippen LogP contribution in [0, 0.1) is 0 Å². The molecule has 1 aromatic heterocycles. The SMILES string of the molecule is Cn1cc(CN2CCC3(CC2)c2ccccc2N(Cc2ccccc2)S3(=O)=O)cn1. The Morgan fingerprint density at radius 3 is 2.33 bits per heavy atom. The summed E-state index contributed by atoms with van der Waals surface area (Å²) in [5.74, 6) is 0. The van der Waals surface area contributed by atoms with Gasteiger partial charge in [0.15, 0.2) is 0 Å². The Bertz CT molecular complexity index is 1150. The minimum absolute atomic E-state index is 0.376. The van der Waals surface area contributed by atoms with E-state index in [0.29, 0.717) is 19.4 Å². The number of rotatable bonds is 4. The number of hydrogen-bond donors (Lipinski definition) is 0. The highest BCUT2D eigenvalue weighted by Crippen LogP contribution is 2.53. The highest BCUT2D eigenvalue weighted by molar-refractivity contribution is 7.94. The Morgan fingerprint density at radius 1 is 0.933 bits per heavy atom. The van der Waals surface area contributed by atoms with E-state index in [1.807, 2.05) is 74.0 Å². The number of nitrogens with zero attached hydrogens (tertiary/aromatic N) is 4. The van der Waals surface area contributed by atoms with Crippen molar-refractivity contribution in [2.75, 3.05) is 17.4 Å². The predicted octanol–water partition coefficient (Wildman–Crippen LogP) is 3.26. The van der Waals surface area contributed by atoms with Crippen molar-refractivity contribution in [3.63, 3.8) is 0 Å². The zero-order valence-electron chi connectivity index (χ0n) is 17.1. The summed E-state index contributed by atoms with van der Waals surface area (Å²) in [6.45, 7) is 2.68. The molecule has 30 heavy (non-hydrogen) atoms. The van der Waals surface area contributed by atoms with E-state index in [1.54, 1.807) is 8.99 Å². The summed E-state index contributed by atoms with van der Waals surface area (Å²) >= 11 is 0. The zero-order valence-corrected chi connectivity index (χ0v) is 17.9. The first-order valence-electron chi connectivity index (χ1n) is 10.4. The number of anilines is 1.